The van der Waals surface area contributed by atoms with Crippen molar-refractivity contribution in [1.29, 1.82) is 0 Å². The first-order chi connectivity index (χ1) is 18.0. The number of hydrogen-bond acceptors (Lipinski definition) is 5. The Morgan fingerprint density at radius 1 is 1.03 bits per heavy atom. The van der Waals surface area contributed by atoms with E-state index in [-0.39, 0.29) is 17.9 Å². The highest BCUT2D eigenvalue weighted by Crippen LogP contribution is 2.45. The molecule has 4 aromatic rings. The molecule has 2 aromatic heterocycles. The van der Waals surface area contributed by atoms with Crippen LogP contribution in [0.3, 0.4) is 0 Å². The van der Waals surface area contributed by atoms with Gasteiger partial charge in [0.15, 0.2) is 5.69 Å². The van der Waals surface area contributed by atoms with Gasteiger partial charge in [0.05, 0.1) is 15.4 Å². The average molecular weight is 514 g/mol. The Morgan fingerprint density at radius 3 is 2.59 bits per heavy atom. The first-order valence-corrected chi connectivity index (χ1v) is 13.9. The number of likely N-dealkylation sites (tertiary alicyclic amines) is 1. The van der Waals surface area contributed by atoms with Crippen molar-refractivity contribution >= 4 is 34.1 Å². The molecule has 2 fully saturated rings. The van der Waals surface area contributed by atoms with E-state index in [0.29, 0.717) is 30.4 Å². The van der Waals surface area contributed by atoms with Crippen molar-refractivity contribution in [3.05, 3.63) is 70.5 Å². The zero-order valence-electron chi connectivity index (χ0n) is 21.2. The van der Waals surface area contributed by atoms with Gasteiger partial charge in [-0.3, -0.25) is 14.3 Å². The van der Waals surface area contributed by atoms with Gasteiger partial charge in [-0.15, -0.1) is 11.3 Å². The van der Waals surface area contributed by atoms with Gasteiger partial charge in [0, 0.05) is 37.5 Å². The molecular formula is C29H31N5O2S. The molecule has 0 spiro atoms. The number of nitrogens with zero attached hydrogens (tertiary/aromatic N) is 4. The van der Waals surface area contributed by atoms with Crippen molar-refractivity contribution < 1.29 is 9.59 Å². The molecule has 190 valence electrons. The molecule has 1 saturated heterocycles. The van der Waals surface area contributed by atoms with Gasteiger partial charge in [-0.25, -0.2) is 4.98 Å². The van der Waals surface area contributed by atoms with Crippen molar-refractivity contribution in [3.8, 4) is 10.4 Å². The summed E-state index contributed by atoms with van der Waals surface area (Å²) >= 11 is 1.66. The number of fused-ring (bicyclic) bond motifs is 1. The highest BCUT2D eigenvalue weighted by molar-refractivity contribution is 7.15. The maximum atomic E-state index is 14.0. The molecule has 3 heterocycles. The van der Waals surface area contributed by atoms with Gasteiger partial charge < -0.3 is 10.2 Å². The summed E-state index contributed by atoms with van der Waals surface area (Å²) in [7, 11) is 1.84. The number of aromatic nitrogens is 3. The fourth-order valence-corrected chi connectivity index (χ4v) is 6.41. The Morgan fingerprint density at radius 2 is 1.81 bits per heavy atom. The zero-order chi connectivity index (χ0) is 25.5. The number of carbonyl (C=O) groups excluding carboxylic acids is 2. The Kier molecular flexibility index (Phi) is 6.28. The summed E-state index contributed by atoms with van der Waals surface area (Å²) in [4.78, 5) is 34.9. The molecule has 0 bridgehead atoms. The Hall–Kier alpha value is -3.52. The predicted octanol–water partition coefficient (Wildman–Crippen LogP) is 5.31. The fourth-order valence-electron chi connectivity index (χ4n) is 5.18. The van der Waals surface area contributed by atoms with Gasteiger partial charge in [0.1, 0.15) is 5.69 Å². The first kappa shape index (κ1) is 23.9. The van der Waals surface area contributed by atoms with Crippen LogP contribution in [0.25, 0.3) is 21.3 Å². The number of carbonyl (C=O) groups is 2. The Labute approximate surface area is 220 Å². The van der Waals surface area contributed by atoms with E-state index in [4.69, 9.17) is 4.98 Å². The second-order valence-electron chi connectivity index (χ2n) is 10.2. The summed E-state index contributed by atoms with van der Waals surface area (Å²) in [6.07, 6.45) is 5.14. The minimum Gasteiger partial charge on any atom is -0.349 e. The highest BCUT2D eigenvalue weighted by atomic mass is 32.1. The van der Waals surface area contributed by atoms with Crippen LogP contribution < -0.4 is 5.32 Å². The van der Waals surface area contributed by atoms with Crippen LogP contribution in [-0.2, 0) is 7.05 Å². The Bertz CT molecular complexity index is 1470. The molecule has 8 heteroatoms. The third-order valence-corrected chi connectivity index (χ3v) is 8.71. The van der Waals surface area contributed by atoms with Crippen LogP contribution >= 0.6 is 11.3 Å². The van der Waals surface area contributed by atoms with E-state index in [9.17, 15) is 9.59 Å². The minimum absolute atomic E-state index is 0.0269. The van der Waals surface area contributed by atoms with E-state index >= 15 is 0 Å². The quantitative estimate of drug-likeness (QED) is 0.379. The lowest BCUT2D eigenvalue weighted by Crippen LogP contribution is -2.49. The molecule has 2 aromatic carbocycles. The van der Waals surface area contributed by atoms with Gasteiger partial charge in [-0.05, 0) is 50.7 Å². The van der Waals surface area contributed by atoms with Gasteiger partial charge in [-0.1, -0.05) is 48.0 Å². The molecule has 1 atom stereocenters. The number of rotatable bonds is 6. The van der Waals surface area contributed by atoms with E-state index < -0.39 is 0 Å². The molecule has 1 aliphatic heterocycles. The van der Waals surface area contributed by atoms with E-state index in [2.05, 4.69) is 41.6 Å². The van der Waals surface area contributed by atoms with Crippen LogP contribution in [0.15, 0.2) is 48.5 Å². The molecule has 1 N–H and O–H groups in total. The summed E-state index contributed by atoms with van der Waals surface area (Å²) in [6, 6.07) is 16.0. The second-order valence-corrected chi connectivity index (χ2v) is 11.2. The average Bonchev–Trinajstić information content (AvgIpc) is 3.59. The van der Waals surface area contributed by atoms with Crippen LogP contribution in [0.1, 0.15) is 69.6 Å². The number of benzene rings is 2. The molecule has 7 nitrogen and oxygen atoms in total. The summed E-state index contributed by atoms with van der Waals surface area (Å²) in [6.45, 7) is 3.14. The van der Waals surface area contributed by atoms with Crippen LogP contribution in [0, 0.1) is 6.92 Å². The van der Waals surface area contributed by atoms with Crippen LogP contribution in [0.5, 0.6) is 0 Å². The van der Waals surface area contributed by atoms with Crippen LogP contribution in [0.2, 0.25) is 0 Å². The Balaban J connectivity index is 1.24. The van der Waals surface area contributed by atoms with E-state index in [0.717, 1.165) is 58.5 Å². The molecule has 1 aliphatic carbocycles. The third kappa shape index (κ3) is 4.66. The smallest absolute Gasteiger partial charge is 0.274 e. The summed E-state index contributed by atoms with van der Waals surface area (Å²) in [5.74, 6) is 0.251. The summed E-state index contributed by atoms with van der Waals surface area (Å²) in [5.41, 5.74) is 4.13. The second kappa shape index (κ2) is 9.74. The fraction of sp³-hybridized carbons (Fsp3) is 0.379. The number of thiazole rings is 1. The van der Waals surface area contributed by atoms with E-state index in [1.807, 2.05) is 36.2 Å². The molecular weight excluding hydrogens is 482 g/mol. The van der Waals surface area contributed by atoms with Crippen LogP contribution in [0.4, 0.5) is 0 Å². The molecule has 0 radical (unpaired) electrons. The molecule has 37 heavy (non-hydrogen) atoms. The predicted molar refractivity (Wildman–Crippen MR) is 146 cm³/mol. The van der Waals surface area contributed by atoms with Crippen molar-refractivity contribution in [1.82, 2.24) is 25.0 Å². The van der Waals surface area contributed by atoms with E-state index in [1.165, 1.54) is 5.56 Å². The van der Waals surface area contributed by atoms with Crippen molar-refractivity contribution in [3.63, 3.8) is 0 Å². The minimum atomic E-state index is -0.209. The molecule has 2 amide bonds. The molecule has 2 aliphatic rings. The maximum absolute atomic E-state index is 14.0. The lowest BCUT2D eigenvalue weighted by atomic mass is 10.0. The van der Waals surface area contributed by atoms with Crippen LogP contribution in [-0.4, -0.2) is 50.6 Å². The first-order valence-electron chi connectivity index (χ1n) is 13.1. The van der Waals surface area contributed by atoms with Crippen molar-refractivity contribution in [2.45, 2.75) is 51.0 Å². The number of nitrogens with one attached hydrogen (secondary N) is 1. The van der Waals surface area contributed by atoms with Crippen molar-refractivity contribution in [2.24, 2.45) is 7.05 Å². The summed E-state index contributed by atoms with van der Waals surface area (Å²) in [5, 5.41) is 9.42. The lowest BCUT2D eigenvalue weighted by Gasteiger charge is -2.35. The van der Waals surface area contributed by atoms with Gasteiger partial charge >= 0.3 is 0 Å². The van der Waals surface area contributed by atoms with Gasteiger partial charge in [0.2, 0.25) is 0 Å². The monoisotopic (exact) mass is 513 g/mol. The SMILES string of the molecule is Cc1ccc(-c2sc(C3CC3)nc2C(=O)N2CCCC[C@H]2CNC(=O)c2nn(C)c3ccccc23)cc1. The van der Waals surface area contributed by atoms with Gasteiger partial charge in [0.25, 0.3) is 11.8 Å². The standard InChI is InChI=1S/C29H31N5O2S/c1-18-10-12-19(13-11-18)26-25(31-28(37-26)20-14-15-20)29(36)34-16-6-5-7-21(34)17-30-27(35)24-22-8-3-4-9-23(22)33(2)32-24/h3-4,8-13,20-21H,5-7,14-17H2,1-2H3,(H,30,35)/t21-/m0/s1. The highest BCUT2D eigenvalue weighted by Gasteiger charge is 2.34. The molecule has 6 rings (SSSR count). The largest absolute Gasteiger partial charge is 0.349 e. The number of aryl methyl sites for hydroxylation is 2. The van der Waals surface area contributed by atoms with E-state index in [1.54, 1.807) is 16.0 Å². The maximum Gasteiger partial charge on any atom is 0.274 e. The molecule has 0 unspecified atom stereocenters. The normalized spacial score (nSPS) is 17.8. The third-order valence-electron chi connectivity index (χ3n) is 7.45. The molecule has 1 saturated carbocycles. The number of amides is 2. The number of hydrogen-bond donors (Lipinski definition) is 1. The lowest BCUT2D eigenvalue weighted by molar-refractivity contribution is 0.0598. The topological polar surface area (TPSA) is 80.1 Å². The zero-order valence-corrected chi connectivity index (χ0v) is 22.1. The number of para-hydroxylation sites is 1. The van der Waals surface area contributed by atoms with Gasteiger partial charge in [-0.2, -0.15) is 5.10 Å². The summed E-state index contributed by atoms with van der Waals surface area (Å²) < 4.78 is 1.73. The van der Waals surface area contributed by atoms with Crippen molar-refractivity contribution in [2.75, 3.05) is 13.1 Å². The number of piperidine rings is 1.